The van der Waals surface area contributed by atoms with Crippen molar-refractivity contribution in [3.05, 3.63) is 29.3 Å². The number of hydrogen-bond acceptors (Lipinski definition) is 2. The molecule has 1 atom stereocenters. The molecule has 1 heterocycles. The van der Waals surface area contributed by atoms with E-state index in [1.165, 1.54) is 30.3 Å². The van der Waals surface area contributed by atoms with Gasteiger partial charge in [-0.25, -0.2) is 0 Å². The van der Waals surface area contributed by atoms with Gasteiger partial charge in [0.1, 0.15) is 13.6 Å². The molecule has 0 aromatic heterocycles. The average molecular weight is 232 g/mol. The molecule has 0 fully saturated rings. The molecule has 0 saturated heterocycles. The van der Waals surface area contributed by atoms with E-state index in [0.717, 1.165) is 18.8 Å². The minimum atomic E-state index is 0.676. The van der Waals surface area contributed by atoms with Crippen LogP contribution in [0.4, 0.5) is 0 Å². The van der Waals surface area contributed by atoms with E-state index in [1.807, 2.05) is 0 Å². The van der Waals surface area contributed by atoms with Crippen LogP contribution in [-0.2, 0) is 11.3 Å². The van der Waals surface area contributed by atoms with Gasteiger partial charge in [0.15, 0.2) is 0 Å². The van der Waals surface area contributed by atoms with Crippen LogP contribution in [0.15, 0.2) is 18.2 Å². The largest absolute Gasteiger partial charge is 0.493 e. The average Bonchev–Trinajstić information content (AvgIpc) is 2.36. The van der Waals surface area contributed by atoms with E-state index in [9.17, 15) is 0 Å². The van der Waals surface area contributed by atoms with Crippen LogP contribution in [0.5, 0.6) is 5.75 Å². The highest BCUT2D eigenvalue weighted by molar-refractivity contribution is 6.08. The first-order valence-corrected chi connectivity index (χ1v) is 6.59. The van der Waals surface area contributed by atoms with Crippen molar-refractivity contribution in [2.45, 2.75) is 38.1 Å². The fraction of sp³-hybridized carbons (Fsp3) is 0.571. The molecule has 1 aromatic rings. The Morgan fingerprint density at radius 3 is 3.12 bits per heavy atom. The van der Waals surface area contributed by atoms with Crippen LogP contribution in [0.2, 0.25) is 6.32 Å². The Morgan fingerprint density at radius 2 is 2.35 bits per heavy atom. The summed E-state index contributed by atoms with van der Waals surface area (Å²) in [6.45, 7) is 1.55. The maximum absolute atomic E-state index is 5.73. The molecule has 17 heavy (non-hydrogen) atoms. The first-order chi connectivity index (χ1) is 8.35. The molecule has 2 rings (SSSR count). The lowest BCUT2D eigenvalue weighted by molar-refractivity contribution is 0.184. The van der Waals surface area contributed by atoms with Gasteiger partial charge >= 0.3 is 0 Å². The topological polar surface area (TPSA) is 18.5 Å². The van der Waals surface area contributed by atoms with Crippen LogP contribution >= 0.6 is 0 Å². The van der Waals surface area contributed by atoms with Gasteiger partial charge in [0.2, 0.25) is 0 Å². The third-order valence-electron chi connectivity index (χ3n) is 3.46. The fourth-order valence-corrected chi connectivity index (χ4v) is 2.52. The molecule has 2 nitrogen and oxygen atoms in total. The van der Waals surface area contributed by atoms with Crippen molar-refractivity contribution in [1.82, 2.24) is 0 Å². The Hall–Kier alpha value is -0.955. The van der Waals surface area contributed by atoms with Crippen LogP contribution in [0, 0.1) is 0 Å². The Kier molecular flexibility index (Phi) is 4.49. The fourth-order valence-electron chi connectivity index (χ4n) is 2.52. The van der Waals surface area contributed by atoms with Gasteiger partial charge in [-0.05, 0) is 42.0 Å². The lowest BCUT2D eigenvalue weighted by atomic mass is 9.86. The number of hydrogen-bond donors (Lipinski definition) is 0. The molecular formula is C14H21BO2. The highest BCUT2D eigenvalue weighted by Gasteiger charge is 2.21. The Morgan fingerprint density at radius 1 is 1.47 bits per heavy atom. The van der Waals surface area contributed by atoms with Gasteiger partial charge in [-0.2, -0.15) is 0 Å². The Bertz CT molecular complexity index is 365. The van der Waals surface area contributed by atoms with Crippen LogP contribution in [0.3, 0.4) is 0 Å². The molecule has 0 spiro atoms. The molecule has 0 N–H and O–H groups in total. The second-order valence-corrected chi connectivity index (χ2v) is 4.78. The molecule has 3 heteroatoms. The number of fused-ring (bicyclic) bond motifs is 1. The second-order valence-electron chi connectivity index (χ2n) is 4.78. The highest BCUT2D eigenvalue weighted by Crippen LogP contribution is 2.37. The summed E-state index contributed by atoms with van der Waals surface area (Å²) in [5.41, 5.74) is 2.64. The third kappa shape index (κ3) is 3.03. The number of rotatable bonds is 5. The molecule has 1 aromatic carbocycles. The molecule has 1 unspecified atom stereocenters. The van der Waals surface area contributed by atoms with E-state index in [-0.39, 0.29) is 0 Å². The van der Waals surface area contributed by atoms with Crippen molar-refractivity contribution in [2.24, 2.45) is 0 Å². The lowest BCUT2D eigenvalue weighted by Gasteiger charge is -2.26. The second kappa shape index (κ2) is 6.11. The first-order valence-electron chi connectivity index (χ1n) is 6.59. The standard InChI is InChI=1S/C14H21BO2/c1-16-10-11-4-5-14-13(9-11)12(3-2-7-15)6-8-17-14/h4-5,9,12H,2-3,6-8,10,15H2,1H3. The zero-order valence-corrected chi connectivity index (χ0v) is 10.9. The Balaban J connectivity index is 2.18. The summed E-state index contributed by atoms with van der Waals surface area (Å²) in [5, 5.41) is 0. The molecule has 0 amide bonds. The maximum atomic E-state index is 5.73. The van der Waals surface area contributed by atoms with Crippen molar-refractivity contribution < 1.29 is 9.47 Å². The van der Waals surface area contributed by atoms with Crippen LogP contribution < -0.4 is 4.74 Å². The first kappa shape index (κ1) is 12.5. The molecule has 1 aliphatic rings. The Labute approximate surface area is 105 Å². The molecule has 92 valence electrons. The summed E-state index contributed by atoms with van der Waals surface area (Å²) in [6, 6.07) is 6.46. The van der Waals surface area contributed by atoms with Gasteiger partial charge < -0.3 is 9.47 Å². The molecule has 0 aliphatic carbocycles. The smallest absolute Gasteiger partial charge is 0.122 e. The molecule has 0 saturated carbocycles. The summed E-state index contributed by atoms with van der Waals surface area (Å²) >= 11 is 0. The van der Waals surface area contributed by atoms with E-state index in [4.69, 9.17) is 9.47 Å². The van der Waals surface area contributed by atoms with Crippen molar-refractivity contribution in [3.8, 4) is 5.75 Å². The summed E-state index contributed by atoms with van der Waals surface area (Å²) < 4.78 is 10.9. The van der Waals surface area contributed by atoms with E-state index < -0.39 is 0 Å². The quantitative estimate of drug-likeness (QED) is 0.726. The lowest BCUT2D eigenvalue weighted by Crippen LogP contribution is -2.14. The molecule has 0 bridgehead atoms. The number of methoxy groups -OCH3 is 1. The van der Waals surface area contributed by atoms with Gasteiger partial charge in [-0.3, -0.25) is 0 Å². The van der Waals surface area contributed by atoms with Gasteiger partial charge in [0, 0.05) is 7.11 Å². The summed E-state index contributed by atoms with van der Waals surface area (Å²) in [5.74, 6) is 1.76. The monoisotopic (exact) mass is 232 g/mol. The van der Waals surface area contributed by atoms with Gasteiger partial charge in [0.25, 0.3) is 0 Å². The summed E-state index contributed by atoms with van der Waals surface area (Å²) in [6.07, 6.45) is 5.01. The van der Waals surface area contributed by atoms with Crippen LogP contribution in [0.1, 0.15) is 36.3 Å². The van der Waals surface area contributed by atoms with Crippen molar-refractivity contribution in [2.75, 3.05) is 13.7 Å². The van der Waals surface area contributed by atoms with E-state index in [1.54, 1.807) is 7.11 Å². The number of benzene rings is 1. The van der Waals surface area contributed by atoms with Crippen molar-refractivity contribution in [3.63, 3.8) is 0 Å². The SMILES string of the molecule is BCCCC1CCOc2ccc(COC)cc21. The molecule has 0 radical (unpaired) electrons. The zero-order valence-electron chi connectivity index (χ0n) is 10.9. The van der Waals surface area contributed by atoms with E-state index in [2.05, 4.69) is 26.0 Å². The maximum Gasteiger partial charge on any atom is 0.122 e. The van der Waals surface area contributed by atoms with Crippen LogP contribution in [0.25, 0.3) is 0 Å². The zero-order chi connectivity index (χ0) is 12.1. The summed E-state index contributed by atoms with van der Waals surface area (Å²) in [7, 11) is 3.99. The normalized spacial score (nSPS) is 18.5. The van der Waals surface area contributed by atoms with E-state index >= 15 is 0 Å². The highest BCUT2D eigenvalue weighted by atomic mass is 16.5. The summed E-state index contributed by atoms with van der Waals surface area (Å²) in [4.78, 5) is 0. The molecule has 1 aliphatic heterocycles. The van der Waals surface area contributed by atoms with Gasteiger partial charge in [-0.1, -0.05) is 18.8 Å². The van der Waals surface area contributed by atoms with Gasteiger partial charge in [-0.15, -0.1) is 0 Å². The van der Waals surface area contributed by atoms with E-state index in [0.29, 0.717) is 12.5 Å². The minimum Gasteiger partial charge on any atom is -0.493 e. The van der Waals surface area contributed by atoms with Crippen molar-refractivity contribution >= 4 is 7.85 Å². The number of ether oxygens (including phenoxy) is 2. The van der Waals surface area contributed by atoms with Gasteiger partial charge in [0.05, 0.1) is 13.2 Å². The van der Waals surface area contributed by atoms with Crippen molar-refractivity contribution in [1.29, 1.82) is 0 Å². The predicted molar refractivity (Wildman–Crippen MR) is 72.6 cm³/mol. The molecular weight excluding hydrogens is 211 g/mol. The minimum absolute atomic E-state index is 0.676. The third-order valence-corrected chi connectivity index (χ3v) is 3.46. The predicted octanol–water partition coefficient (Wildman–Crippen LogP) is 2.53. The van der Waals surface area contributed by atoms with Crippen LogP contribution in [-0.4, -0.2) is 21.6 Å².